The molecule has 1 heterocycles. The van der Waals surface area contributed by atoms with E-state index in [1.54, 1.807) is 0 Å². The molecule has 1 aromatic heterocycles. The van der Waals surface area contributed by atoms with Crippen molar-refractivity contribution in [3.05, 3.63) is 186 Å². The van der Waals surface area contributed by atoms with Gasteiger partial charge in [0.05, 0.1) is 11.4 Å². The highest BCUT2D eigenvalue weighted by molar-refractivity contribution is 7.26. The summed E-state index contributed by atoms with van der Waals surface area (Å²) in [6.45, 7) is 9.49. The molecule has 0 bridgehead atoms. The first-order valence-electron chi connectivity index (χ1n) is 19.0. The van der Waals surface area contributed by atoms with Gasteiger partial charge in [-0.3, -0.25) is 0 Å². The van der Waals surface area contributed by atoms with Crippen LogP contribution in [-0.4, -0.2) is 0 Å². The van der Waals surface area contributed by atoms with Crippen LogP contribution in [0.15, 0.2) is 164 Å². The summed E-state index contributed by atoms with van der Waals surface area (Å²) in [7, 11) is 0. The van der Waals surface area contributed by atoms with Gasteiger partial charge in [0, 0.05) is 53.4 Å². The van der Waals surface area contributed by atoms with Gasteiger partial charge in [-0.25, -0.2) is 0 Å². The normalized spacial score (nSPS) is 14.6. The van der Waals surface area contributed by atoms with E-state index < -0.39 is 0 Å². The zero-order valence-electron chi connectivity index (χ0n) is 30.9. The van der Waals surface area contributed by atoms with Crippen molar-refractivity contribution in [3.8, 4) is 33.4 Å². The van der Waals surface area contributed by atoms with Gasteiger partial charge in [-0.05, 0) is 86.1 Å². The molecular weight excluding hydrogens is 671 g/mol. The number of hydrogen-bond acceptors (Lipinski definition) is 2. The Kier molecular flexibility index (Phi) is 6.59. The number of rotatable bonds is 4. The maximum atomic E-state index is 2.55. The zero-order chi connectivity index (χ0) is 36.3. The summed E-state index contributed by atoms with van der Waals surface area (Å²) in [5.74, 6) is 0. The summed E-state index contributed by atoms with van der Waals surface area (Å²) in [5.41, 5.74) is 16.7. The fourth-order valence-electron chi connectivity index (χ4n) is 9.84. The Balaban J connectivity index is 1.18. The van der Waals surface area contributed by atoms with E-state index in [4.69, 9.17) is 0 Å². The second-order valence-electron chi connectivity index (χ2n) is 16.1. The van der Waals surface area contributed by atoms with Crippen LogP contribution in [0.4, 0.5) is 17.1 Å². The first-order valence-corrected chi connectivity index (χ1v) is 19.8. The smallest absolute Gasteiger partial charge is 0.0543 e. The molecule has 0 saturated carbocycles. The van der Waals surface area contributed by atoms with Crippen LogP contribution in [0.1, 0.15) is 49.9 Å². The van der Waals surface area contributed by atoms with Gasteiger partial charge in [-0.2, -0.15) is 0 Å². The maximum Gasteiger partial charge on any atom is 0.0543 e. The Hall–Kier alpha value is -5.96. The lowest BCUT2D eigenvalue weighted by Gasteiger charge is -2.31. The maximum absolute atomic E-state index is 2.55. The van der Waals surface area contributed by atoms with Crippen molar-refractivity contribution >= 4 is 59.3 Å². The van der Waals surface area contributed by atoms with Gasteiger partial charge in [0.15, 0.2) is 0 Å². The number of fused-ring (bicyclic) bond motifs is 10. The van der Waals surface area contributed by atoms with E-state index in [2.05, 4.69) is 196 Å². The van der Waals surface area contributed by atoms with Gasteiger partial charge in [0.25, 0.3) is 0 Å². The fourth-order valence-corrected chi connectivity index (χ4v) is 11.1. The minimum absolute atomic E-state index is 0.103. The summed E-state index contributed by atoms with van der Waals surface area (Å²) in [4.78, 5) is 2.55. The lowest BCUT2D eigenvalue weighted by molar-refractivity contribution is 0.660. The fraction of sp³-hybridized carbons (Fsp3) is 0.115. The highest BCUT2D eigenvalue weighted by Crippen LogP contribution is 2.58. The van der Waals surface area contributed by atoms with Gasteiger partial charge in [-0.1, -0.05) is 155 Å². The van der Waals surface area contributed by atoms with Crippen molar-refractivity contribution in [1.29, 1.82) is 0 Å². The lowest BCUT2D eigenvalue weighted by Crippen LogP contribution is -2.17. The summed E-state index contributed by atoms with van der Waals surface area (Å²) < 4.78 is 2.67. The van der Waals surface area contributed by atoms with E-state index in [1.807, 2.05) is 11.3 Å². The summed E-state index contributed by atoms with van der Waals surface area (Å²) in [6, 6.07) is 61.4. The first kappa shape index (κ1) is 31.6. The van der Waals surface area contributed by atoms with Gasteiger partial charge in [-0.15, -0.1) is 11.3 Å². The molecule has 0 N–H and O–H groups in total. The van der Waals surface area contributed by atoms with Crippen LogP contribution < -0.4 is 4.90 Å². The van der Waals surface area contributed by atoms with Gasteiger partial charge >= 0.3 is 0 Å². The molecule has 0 aliphatic heterocycles. The number of thiophene rings is 1. The molecule has 0 atom stereocenters. The van der Waals surface area contributed by atoms with E-state index in [1.165, 1.54) is 98.0 Å². The standard InChI is InChI=1S/C52H39NS/c1-51(2)40-20-10-7-18-37(40)48-42(51)22-13-24-44(48)53(45-25-14-23-43-49(45)38-19-8-11-21-41(38)52(43,3)4)34-29-27-32(28-30-34)47-35-16-6-5-15-33(35)31-39-36-17-9-12-26-46(36)54-50(39)47/h5-31H,1-4H3. The molecule has 1 nitrogen and oxygen atoms in total. The number of nitrogens with zero attached hydrogens (tertiary/aromatic N) is 1. The molecule has 0 amide bonds. The van der Waals surface area contributed by atoms with Crippen molar-refractivity contribution < 1.29 is 0 Å². The lowest BCUT2D eigenvalue weighted by atomic mass is 9.82. The number of benzene rings is 8. The summed E-state index contributed by atoms with van der Waals surface area (Å²) in [5, 5.41) is 5.23. The second kappa shape index (κ2) is 11.3. The third kappa shape index (κ3) is 4.26. The van der Waals surface area contributed by atoms with Crippen LogP contribution in [-0.2, 0) is 10.8 Å². The zero-order valence-corrected chi connectivity index (χ0v) is 31.8. The Morgan fingerprint density at radius 2 is 0.944 bits per heavy atom. The molecule has 258 valence electrons. The summed E-state index contributed by atoms with van der Waals surface area (Å²) >= 11 is 1.91. The molecule has 0 spiro atoms. The van der Waals surface area contributed by atoms with Crippen LogP contribution in [0.25, 0.3) is 64.3 Å². The molecule has 8 aromatic carbocycles. The molecule has 2 aliphatic rings. The Morgan fingerprint density at radius 3 is 1.57 bits per heavy atom. The van der Waals surface area contributed by atoms with Crippen molar-refractivity contribution in [1.82, 2.24) is 0 Å². The van der Waals surface area contributed by atoms with Gasteiger partial charge in [0.1, 0.15) is 0 Å². The van der Waals surface area contributed by atoms with E-state index in [-0.39, 0.29) is 10.8 Å². The molecule has 0 radical (unpaired) electrons. The quantitative estimate of drug-likeness (QED) is 0.176. The van der Waals surface area contributed by atoms with E-state index in [0.29, 0.717) is 0 Å². The average Bonchev–Trinajstić information content (AvgIpc) is 3.77. The Morgan fingerprint density at radius 1 is 0.426 bits per heavy atom. The molecule has 9 aromatic rings. The molecule has 0 unspecified atom stereocenters. The van der Waals surface area contributed by atoms with Crippen LogP contribution in [0, 0.1) is 0 Å². The molecule has 0 fully saturated rings. The molecular formula is C52H39NS. The SMILES string of the molecule is CC1(C)c2ccccc2-c2c(N(c3ccc(-c4c5ccccc5cc5c4sc4ccccc45)cc3)c3cccc4c3-c3ccccc3C4(C)C)cccc21. The minimum Gasteiger partial charge on any atom is -0.309 e. The highest BCUT2D eigenvalue weighted by Gasteiger charge is 2.40. The molecule has 54 heavy (non-hydrogen) atoms. The van der Waals surface area contributed by atoms with E-state index >= 15 is 0 Å². The largest absolute Gasteiger partial charge is 0.309 e. The van der Waals surface area contributed by atoms with Crippen molar-refractivity contribution in [2.75, 3.05) is 4.90 Å². The van der Waals surface area contributed by atoms with Crippen molar-refractivity contribution in [2.24, 2.45) is 0 Å². The molecule has 0 saturated heterocycles. The number of hydrogen-bond donors (Lipinski definition) is 0. The Labute approximate surface area is 320 Å². The van der Waals surface area contributed by atoms with Crippen LogP contribution in [0.5, 0.6) is 0 Å². The topological polar surface area (TPSA) is 3.24 Å². The van der Waals surface area contributed by atoms with Crippen molar-refractivity contribution in [3.63, 3.8) is 0 Å². The second-order valence-corrected chi connectivity index (χ2v) is 17.1. The van der Waals surface area contributed by atoms with E-state index in [9.17, 15) is 0 Å². The summed E-state index contributed by atoms with van der Waals surface area (Å²) in [6.07, 6.45) is 0. The molecule has 2 aliphatic carbocycles. The van der Waals surface area contributed by atoms with Crippen LogP contribution in [0.3, 0.4) is 0 Å². The average molecular weight is 710 g/mol. The molecule has 11 rings (SSSR count). The highest BCUT2D eigenvalue weighted by atomic mass is 32.1. The van der Waals surface area contributed by atoms with Crippen LogP contribution in [0.2, 0.25) is 0 Å². The van der Waals surface area contributed by atoms with Crippen molar-refractivity contribution in [2.45, 2.75) is 38.5 Å². The number of anilines is 3. The van der Waals surface area contributed by atoms with E-state index in [0.717, 1.165) is 5.69 Å². The minimum atomic E-state index is -0.103. The van der Waals surface area contributed by atoms with Crippen LogP contribution >= 0.6 is 11.3 Å². The Bertz CT molecular complexity index is 2890. The van der Waals surface area contributed by atoms with Gasteiger partial charge in [0.2, 0.25) is 0 Å². The third-order valence-electron chi connectivity index (χ3n) is 12.5. The predicted molar refractivity (Wildman–Crippen MR) is 232 cm³/mol. The third-order valence-corrected chi connectivity index (χ3v) is 13.7. The molecule has 2 heteroatoms. The monoisotopic (exact) mass is 709 g/mol. The predicted octanol–water partition coefficient (Wildman–Crippen LogP) is 15.0. The first-order chi connectivity index (χ1) is 26.3. The van der Waals surface area contributed by atoms with Gasteiger partial charge < -0.3 is 4.90 Å².